The van der Waals surface area contributed by atoms with Crippen molar-refractivity contribution in [3.63, 3.8) is 0 Å². The van der Waals surface area contributed by atoms with Gasteiger partial charge in [-0.05, 0) is 38.1 Å². The van der Waals surface area contributed by atoms with Gasteiger partial charge in [0.05, 0.1) is 6.54 Å². The number of amides is 1. The Morgan fingerprint density at radius 2 is 1.84 bits per heavy atom. The first-order valence-corrected chi connectivity index (χ1v) is 7.40. The van der Waals surface area contributed by atoms with Crippen LogP contribution in [0.1, 0.15) is 44.9 Å². The third kappa shape index (κ3) is 4.82. The molecule has 1 atom stereocenters. The number of aliphatic carboxylic acids is 1. The van der Waals surface area contributed by atoms with Gasteiger partial charge in [0.25, 0.3) is 0 Å². The van der Waals surface area contributed by atoms with Crippen molar-refractivity contribution in [2.75, 3.05) is 19.6 Å². The van der Waals surface area contributed by atoms with Crippen LogP contribution >= 0.6 is 0 Å². The van der Waals surface area contributed by atoms with Crippen LogP contribution in [0.15, 0.2) is 0 Å². The van der Waals surface area contributed by atoms with Gasteiger partial charge in [0.2, 0.25) is 5.91 Å². The fraction of sp³-hybridized carbons (Fsp3) is 0.857. The molecule has 108 valence electrons. The third-order valence-corrected chi connectivity index (χ3v) is 4.03. The molecule has 5 nitrogen and oxygen atoms in total. The summed E-state index contributed by atoms with van der Waals surface area (Å²) in [5.74, 6) is -0.165. The molecule has 1 saturated carbocycles. The topological polar surface area (TPSA) is 69.6 Å². The van der Waals surface area contributed by atoms with Gasteiger partial charge >= 0.3 is 5.97 Å². The van der Waals surface area contributed by atoms with Crippen LogP contribution in [-0.4, -0.2) is 47.6 Å². The van der Waals surface area contributed by atoms with Gasteiger partial charge in [-0.25, -0.2) is 0 Å². The smallest absolute Gasteiger partial charge is 0.320 e. The number of carboxylic acids is 1. The van der Waals surface area contributed by atoms with Gasteiger partial charge in [-0.1, -0.05) is 19.3 Å². The second-order valence-electron chi connectivity index (χ2n) is 5.77. The SMILES string of the molecule is O=C(CN1CCCCCCC1C(=O)O)NCC1CC1. The Hall–Kier alpha value is -1.10. The Labute approximate surface area is 114 Å². The summed E-state index contributed by atoms with van der Waals surface area (Å²) in [5, 5.41) is 12.2. The third-order valence-electron chi connectivity index (χ3n) is 4.03. The second kappa shape index (κ2) is 6.89. The summed E-state index contributed by atoms with van der Waals surface area (Å²) in [7, 11) is 0. The summed E-state index contributed by atoms with van der Waals surface area (Å²) in [6.45, 7) is 1.70. The van der Waals surface area contributed by atoms with Crippen LogP contribution in [0, 0.1) is 5.92 Å². The second-order valence-corrected chi connectivity index (χ2v) is 5.77. The van der Waals surface area contributed by atoms with Gasteiger partial charge in [0, 0.05) is 6.54 Å². The number of nitrogens with zero attached hydrogens (tertiary/aromatic N) is 1. The van der Waals surface area contributed by atoms with E-state index in [1.54, 1.807) is 0 Å². The minimum atomic E-state index is -0.795. The highest BCUT2D eigenvalue weighted by molar-refractivity contribution is 5.80. The molecule has 0 aromatic rings. The van der Waals surface area contributed by atoms with Crippen LogP contribution in [0.2, 0.25) is 0 Å². The lowest BCUT2D eigenvalue weighted by Gasteiger charge is -2.30. The van der Waals surface area contributed by atoms with E-state index in [-0.39, 0.29) is 12.5 Å². The van der Waals surface area contributed by atoms with Gasteiger partial charge in [-0.3, -0.25) is 14.5 Å². The summed E-state index contributed by atoms with van der Waals surface area (Å²) in [6.07, 6.45) is 7.24. The van der Waals surface area contributed by atoms with E-state index in [0.717, 1.165) is 32.2 Å². The van der Waals surface area contributed by atoms with Crippen LogP contribution in [-0.2, 0) is 9.59 Å². The van der Waals surface area contributed by atoms with E-state index in [0.29, 0.717) is 18.9 Å². The molecule has 1 saturated heterocycles. The molecule has 2 rings (SSSR count). The molecular formula is C14H24N2O3. The lowest BCUT2D eigenvalue weighted by atomic mass is 10.0. The minimum absolute atomic E-state index is 0.0290. The molecule has 0 spiro atoms. The van der Waals surface area contributed by atoms with Gasteiger partial charge in [-0.15, -0.1) is 0 Å². The lowest BCUT2D eigenvalue weighted by molar-refractivity contribution is -0.144. The van der Waals surface area contributed by atoms with Gasteiger partial charge in [-0.2, -0.15) is 0 Å². The van der Waals surface area contributed by atoms with Crippen molar-refractivity contribution in [1.82, 2.24) is 10.2 Å². The van der Waals surface area contributed by atoms with Gasteiger partial charge in [0.15, 0.2) is 0 Å². The van der Waals surface area contributed by atoms with Crippen molar-refractivity contribution in [3.05, 3.63) is 0 Å². The first kappa shape index (κ1) is 14.3. The molecule has 5 heteroatoms. The monoisotopic (exact) mass is 268 g/mol. The van der Waals surface area contributed by atoms with Crippen LogP contribution in [0.4, 0.5) is 0 Å². The normalized spacial score (nSPS) is 25.4. The molecule has 2 N–H and O–H groups in total. The van der Waals surface area contributed by atoms with Crippen molar-refractivity contribution in [1.29, 1.82) is 0 Å². The Morgan fingerprint density at radius 1 is 1.11 bits per heavy atom. The number of hydrogen-bond acceptors (Lipinski definition) is 3. The molecule has 1 unspecified atom stereocenters. The number of carbonyl (C=O) groups is 2. The highest BCUT2D eigenvalue weighted by Gasteiger charge is 2.28. The van der Waals surface area contributed by atoms with Crippen LogP contribution in [0.3, 0.4) is 0 Å². The van der Waals surface area contributed by atoms with E-state index < -0.39 is 12.0 Å². The molecule has 2 aliphatic rings. The average molecular weight is 268 g/mol. The summed E-state index contributed by atoms with van der Waals surface area (Å²) in [4.78, 5) is 25.0. The fourth-order valence-electron chi connectivity index (χ4n) is 2.63. The standard InChI is InChI=1S/C14H24N2O3/c17-13(15-9-11-6-7-11)10-16-8-4-2-1-3-5-12(16)14(18)19/h11-12H,1-10H2,(H,15,17)(H,18,19). The molecule has 0 radical (unpaired) electrons. The Balaban J connectivity index is 1.84. The zero-order valence-electron chi connectivity index (χ0n) is 11.4. The molecule has 2 fully saturated rings. The summed E-state index contributed by atoms with van der Waals surface area (Å²) in [6, 6.07) is -0.494. The van der Waals surface area contributed by atoms with Crippen molar-refractivity contribution in [2.24, 2.45) is 5.92 Å². The zero-order valence-corrected chi connectivity index (χ0v) is 11.4. The maximum atomic E-state index is 11.9. The van der Waals surface area contributed by atoms with Crippen molar-refractivity contribution in [3.8, 4) is 0 Å². The number of carbonyl (C=O) groups excluding carboxylic acids is 1. The number of nitrogens with one attached hydrogen (secondary N) is 1. The van der Waals surface area contributed by atoms with E-state index >= 15 is 0 Å². The van der Waals surface area contributed by atoms with Crippen LogP contribution in [0.5, 0.6) is 0 Å². The molecular weight excluding hydrogens is 244 g/mol. The average Bonchev–Trinajstić information content (AvgIpc) is 3.13. The van der Waals surface area contributed by atoms with E-state index in [1.807, 2.05) is 4.90 Å². The highest BCUT2D eigenvalue weighted by Crippen LogP contribution is 2.27. The fourth-order valence-corrected chi connectivity index (χ4v) is 2.63. The summed E-state index contributed by atoms with van der Waals surface area (Å²) >= 11 is 0. The Kier molecular flexibility index (Phi) is 5.19. The Bertz CT molecular complexity index is 329. The molecule has 0 bridgehead atoms. The van der Waals surface area contributed by atoms with Crippen molar-refractivity contribution in [2.45, 2.75) is 51.0 Å². The molecule has 1 aliphatic carbocycles. The predicted octanol–water partition coefficient (Wildman–Crippen LogP) is 1.23. The molecule has 0 aromatic carbocycles. The number of hydrogen-bond donors (Lipinski definition) is 2. The first-order valence-electron chi connectivity index (χ1n) is 7.40. The van der Waals surface area contributed by atoms with E-state index in [4.69, 9.17) is 0 Å². The maximum Gasteiger partial charge on any atom is 0.320 e. The van der Waals surface area contributed by atoms with Crippen LogP contribution in [0.25, 0.3) is 0 Å². The van der Waals surface area contributed by atoms with Gasteiger partial charge in [0.1, 0.15) is 6.04 Å². The molecule has 0 aromatic heterocycles. The summed E-state index contributed by atoms with van der Waals surface area (Å²) in [5.41, 5.74) is 0. The molecule has 19 heavy (non-hydrogen) atoms. The number of likely N-dealkylation sites (tertiary alicyclic amines) is 1. The number of rotatable bonds is 5. The lowest BCUT2D eigenvalue weighted by Crippen LogP contribution is -2.47. The minimum Gasteiger partial charge on any atom is -0.480 e. The summed E-state index contributed by atoms with van der Waals surface area (Å²) < 4.78 is 0. The van der Waals surface area contributed by atoms with E-state index in [2.05, 4.69) is 5.32 Å². The largest absolute Gasteiger partial charge is 0.480 e. The Morgan fingerprint density at radius 3 is 2.53 bits per heavy atom. The number of carboxylic acid groups (broad SMARTS) is 1. The first-order chi connectivity index (χ1) is 9.16. The predicted molar refractivity (Wildman–Crippen MR) is 71.8 cm³/mol. The van der Waals surface area contributed by atoms with Gasteiger partial charge < -0.3 is 10.4 Å². The highest BCUT2D eigenvalue weighted by atomic mass is 16.4. The molecule has 1 amide bonds. The zero-order chi connectivity index (χ0) is 13.7. The van der Waals surface area contributed by atoms with E-state index in [1.165, 1.54) is 12.8 Å². The van der Waals surface area contributed by atoms with Crippen molar-refractivity contribution >= 4 is 11.9 Å². The quantitative estimate of drug-likeness (QED) is 0.787. The van der Waals surface area contributed by atoms with E-state index in [9.17, 15) is 14.7 Å². The van der Waals surface area contributed by atoms with Crippen molar-refractivity contribution < 1.29 is 14.7 Å². The maximum absolute atomic E-state index is 11.9. The molecule has 1 aliphatic heterocycles. The van der Waals surface area contributed by atoms with Crippen LogP contribution < -0.4 is 5.32 Å². The molecule has 1 heterocycles.